The zero-order valence-corrected chi connectivity index (χ0v) is 12.5. The molecule has 0 aliphatic carbocycles. The second-order valence-electron chi connectivity index (χ2n) is 4.45. The van der Waals surface area contributed by atoms with Crippen molar-refractivity contribution in [1.29, 1.82) is 0 Å². The number of para-hydroxylation sites is 1. The van der Waals surface area contributed by atoms with Crippen molar-refractivity contribution in [2.45, 2.75) is 27.3 Å². The Morgan fingerprint density at radius 3 is 2.70 bits per heavy atom. The molecule has 0 aliphatic rings. The summed E-state index contributed by atoms with van der Waals surface area (Å²) in [6.07, 6.45) is 0. The van der Waals surface area contributed by atoms with E-state index in [0.717, 1.165) is 12.1 Å². The average molecular weight is 280 g/mol. The fourth-order valence-electron chi connectivity index (χ4n) is 1.94. The third kappa shape index (κ3) is 4.74. The molecule has 0 unspecified atom stereocenters. The highest BCUT2D eigenvalue weighted by Gasteiger charge is 2.13. The predicted octanol–water partition coefficient (Wildman–Crippen LogP) is 1.75. The van der Waals surface area contributed by atoms with Gasteiger partial charge in [0.25, 0.3) is 0 Å². The summed E-state index contributed by atoms with van der Waals surface area (Å²) in [6.45, 7) is 8.46. The summed E-state index contributed by atoms with van der Waals surface area (Å²) in [5, 5.41) is 12.9. The molecule has 0 spiro atoms. The molecule has 5 heteroatoms. The molecule has 0 heterocycles. The van der Waals surface area contributed by atoms with Gasteiger partial charge in [-0.2, -0.15) is 0 Å². The average Bonchev–Trinajstić information content (AvgIpc) is 2.42. The summed E-state index contributed by atoms with van der Waals surface area (Å²) in [6, 6.07) is 5.43. The molecule has 1 aromatic rings. The van der Waals surface area contributed by atoms with E-state index < -0.39 is 0 Å². The highest BCUT2D eigenvalue weighted by Crippen LogP contribution is 2.30. The highest BCUT2D eigenvalue weighted by atomic mass is 16.5. The van der Waals surface area contributed by atoms with Crippen LogP contribution in [0.25, 0.3) is 0 Å². The van der Waals surface area contributed by atoms with Crippen molar-refractivity contribution in [2.24, 2.45) is 0 Å². The fraction of sp³-hybridized carbons (Fsp3) is 0.533. The lowest BCUT2D eigenvalue weighted by Crippen LogP contribution is -2.36. The Morgan fingerprint density at radius 1 is 1.35 bits per heavy atom. The molecule has 0 radical (unpaired) electrons. The molecule has 0 bridgehead atoms. The minimum Gasteiger partial charge on any atom is -0.504 e. The van der Waals surface area contributed by atoms with Crippen LogP contribution in [0, 0.1) is 0 Å². The number of amides is 1. The van der Waals surface area contributed by atoms with Gasteiger partial charge in [0.1, 0.15) is 0 Å². The Balaban J connectivity index is 2.74. The zero-order chi connectivity index (χ0) is 15.0. The quantitative estimate of drug-likeness (QED) is 0.761. The van der Waals surface area contributed by atoms with Gasteiger partial charge >= 0.3 is 0 Å². The Bertz CT molecular complexity index is 435. The van der Waals surface area contributed by atoms with E-state index in [1.807, 2.05) is 37.8 Å². The third-order valence-electron chi connectivity index (χ3n) is 2.96. The van der Waals surface area contributed by atoms with E-state index in [1.54, 1.807) is 6.07 Å². The van der Waals surface area contributed by atoms with E-state index in [1.165, 1.54) is 0 Å². The molecular weight excluding hydrogens is 256 g/mol. The number of hydrogen-bond donors (Lipinski definition) is 2. The first-order valence-corrected chi connectivity index (χ1v) is 7.05. The standard InChI is InChI=1S/C15H24N2O3/c1-4-16-14(18)11-17(5-2)10-12-8-7-9-13(15(12)19)20-6-3/h7-9,19H,4-6,10-11H2,1-3H3,(H,16,18). The largest absolute Gasteiger partial charge is 0.504 e. The van der Waals surface area contributed by atoms with Gasteiger partial charge in [0, 0.05) is 18.7 Å². The second-order valence-corrected chi connectivity index (χ2v) is 4.45. The van der Waals surface area contributed by atoms with Crippen molar-refractivity contribution in [3.05, 3.63) is 23.8 Å². The fourth-order valence-corrected chi connectivity index (χ4v) is 1.94. The Morgan fingerprint density at radius 2 is 2.10 bits per heavy atom. The van der Waals surface area contributed by atoms with Crippen molar-refractivity contribution >= 4 is 5.91 Å². The summed E-state index contributed by atoms with van der Waals surface area (Å²) in [7, 11) is 0. The van der Waals surface area contributed by atoms with E-state index >= 15 is 0 Å². The number of likely N-dealkylation sites (N-methyl/N-ethyl adjacent to an activating group) is 2. The predicted molar refractivity (Wildman–Crippen MR) is 78.9 cm³/mol. The van der Waals surface area contributed by atoms with Gasteiger partial charge in [0.2, 0.25) is 5.91 Å². The molecule has 0 fully saturated rings. The first-order valence-electron chi connectivity index (χ1n) is 7.05. The summed E-state index contributed by atoms with van der Waals surface area (Å²) in [5.74, 6) is 0.637. The summed E-state index contributed by atoms with van der Waals surface area (Å²) >= 11 is 0. The number of ether oxygens (including phenoxy) is 1. The van der Waals surface area contributed by atoms with Crippen LogP contribution in [0.1, 0.15) is 26.3 Å². The molecule has 1 amide bonds. The molecule has 2 N–H and O–H groups in total. The summed E-state index contributed by atoms with van der Waals surface area (Å²) < 4.78 is 5.36. The molecular formula is C15H24N2O3. The van der Waals surface area contributed by atoms with Crippen LogP contribution < -0.4 is 10.1 Å². The molecule has 20 heavy (non-hydrogen) atoms. The topological polar surface area (TPSA) is 61.8 Å². The Labute approximate surface area is 120 Å². The smallest absolute Gasteiger partial charge is 0.234 e. The van der Waals surface area contributed by atoms with Gasteiger partial charge in [-0.3, -0.25) is 9.69 Å². The number of rotatable bonds is 8. The van der Waals surface area contributed by atoms with Gasteiger partial charge in [-0.05, 0) is 26.5 Å². The second kappa shape index (κ2) is 8.43. The maximum absolute atomic E-state index is 11.6. The first-order chi connectivity index (χ1) is 9.62. The number of aromatic hydroxyl groups is 1. The van der Waals surface area contributed by atoms with E-state index in [0.29, 0.717) is 32.0 Å². The van der Waals surface area contributed by atoms with Crippen LogP contribution in [-0.4, -0.2) is 42.2 Å². The van der Waals surface area contributed by atoms with Gasteiger partial charge in [-0.15, -0.1) is 0 Å². The maximum atomic E-state index is 11.6. The van der Waals surface area contributed by atoms with Gasteiger partial charge < -0.3 is 15.2 Å². The SMILES string of the molecule is CCNC(=O)CN(CC)Cc1cccc(OCC)c1O. The van der Waals surface area contributed by atoms with Crippen molar-refractivity contribution in [2.75, 3.05) is 26.2 Å². The Kier molecular flexibility index (Phi) is 6.87. The highest BCUT2D eigenvalue weighted by molar-refractivity contribution is 5.77. The normalized spacial score (nSPS) is 10.6. The summed E-state index contributed by atoms with van der Waals surface area (Å²) in [5.41, 5.74) is 0.766. The van der Waals surface area contributed by atoms with Crippen LogP contribution in [0.4, 0.5) is 0 Å². The van der Waals surface area contributed by atoms with Gasteiger partial charge in [0.05, 0.1) is 13.2 Å². The van der Waals surface area contributed by atoms with E-state index in [-0.39, 0.29) is 11.7 Å². The van der Waals surface area contributed by atoms with Gasteiger partial charge in [0.15, 0.2) is 11.5 Å². The number of carbonyl (C=O) groups excluding carboxylic acids is 1. The van der Waals surface area contributed by atoms with Crippen LogP contribution in [-0.2, 0) is 11.3 Å². The molecule has 0 aromatic heterocycles. The number of carbonyl (C=O) groups is 1. The molecule has 0 saturated carbocycles. The number of benzene rings is 1. The van der Waals surface area contributed by atoms with Crippen molar-refractivity contribution in [3.63, 3.8) is 0 Å². The van der Waals surface area contributed by atoms with Crippen LogP contribution in [0.2, 0.25) is 0 Å². The lowest BCUT2D eigenvalue weighted by molar-refractivity contribution is -0.122. The molecule has 0 aliphatic heterocycles. The van der Waals surface area contributed by atoms with E-state index in [9.17, 15) is 9.90 Å². The van der Waals surface area contributed by atoms with E-state index in [4.69, 9.17) is 4.74 Å². The molecule has 0 saturated heterocycles. The molecule has 112 valence electrons. The number of phenols is 1. The van der Waals surface area contributed by atoms with Gasteiger partial charge in [-0.1, -0.05) is 19.1 Å². The first kappa shape index (κ1) is 16.3. The number of hydrogen-bond acceptors (Lipinski definition) is 4. The lowest BCUT2D eigenvalue weighted by Gasteiger charge is -2.21. The third-order valence-corrected chi connectivity index (χ3v) is 2.96. The minimum atomic E-state index is -0.00481. The molecule has 0 atom stereocenters. The van der Waals surface area contributed by atoms with Crippen LogP contribution in [0.3, 0.4) is 0 Å². The minimum absolute atomic E-state index is 0.00481. The maximum Gasteiger partial charge on any atom is 0.234 e. The van der Waals surface area contributed by atoms with Crippen molar-refractivity contribution < 1.29 is 14.6 Å². The number of phenolic OH excluding ortho intramolecular Hbond substituents is 1. The van der Waals surface area contributed by atoms with Crippen molar-refractivity contribution in [1.82, 2.24) is 10.2 Å². The van der Waals surface area contributed by atoms with Crippen LogP contribution >= 0.6 is 0 Å². The van der Waals surface area contributed by atoms with E-state index in [2.05, 4.69) is 5.32 Å². The zero-order valence-electron chi connectivity index (χ0n) is 12.5. The Hall–Kier alpha value is -1.75. The van der Waals surface area contributed by atoms with Crippen molar-refractivity contribution in [3.8, 4) is 11.5 Å². The number of nitrogens with one attached hydrogen (secondary N) is 1. The van der Waals surface area contributed by atoms with Crippen LogP contribution in [0.15, 0.2) is 18.2 Å². The van der Waals surface area contributed by atoms with Crippen LogP contribution in [0.5, 0.6) is 11.5 Å². The summed E-state index contributed by atoms with van der Waals surface area (Å²) in [4.78, 5) is 13.6. The monoisotopic (exact) mass is 280 g/mol. The molecule has 1 rings (SSSR count). The van der Waals surface area contributed by atoms with Gasteiger partial charge in [-0.25, -0.2) is 0 Å². The molecule has 5 nitrogen and oxygen atoms in total. The molecule has 1 aromatic carbocycles. The lowest BCUT2D eigenvalue weighted by atomic mass is 10.1. The number of nitrogens with zero attached hydrogens (tertiary/aromatic N) is 1.